The van der Waals surface area contributed by atoms with E-state index >= 15 is 0 Å². The number of aliphatic hydroxyl groups excluding tert-OH is 2. The van der Waals surface area contributed by atoms with Crippen LogP contribution in [0.4, 0.5) is 5.82 Å². The fourth-order valence-electron chi connectivity index (χ4n) is 3.03. The van der Waals surface area contributed by atoms with Crippen LogP contribution in [-0.2, 0) is 4.74 Å². The Morgan fingerprint density at radius 1 is 1.38 bits per heavy atom. The molecule has 2 aromatic heterocycles. The van der Waals surface area contributed by atoms with Gasteiger partial charge in [0.2, 0.25) is 0 Å². The van der Waals surface area contributed by atoms with Crippen molar-refractivity contribution in [3.05, 3.63) is 18.1 Å². The van der Waals surface area contributed by atoms with E-state index in [1.54, 1.807) is 10.8 Å². The van der Waals surface area contributed by atoms with E-state index in [0.717, 1.165) is 0 Å². The van der Waals surface area contributed by atoms with Crippen LogP contribution in [0.15, 0.2) is 12.5 Å². The predicted molar refractivity (Wildman–Crippen MR) is 99.8 cm³/mol. The molecular formula is C17H24N4O4Si. The van der Waals surface area contributed by atoms with Crippen molar-refractivity contribution in [2.45, 2.75) is 50.6 Å². The van der Waals surface area contributed by atoms with Gasteiger partial charge in [-0.3, -0.25) is 0 Å². The van der Waals surface area contributed by atoms with E-state index in [-0.39, 0.29) is 5.82 Å². The molecule has 2 aromatic rings. The van der Waals surface area contributed by atoms with Gasteiger partial charge in [-0.25, -0.2) is 9.97 Å². The summed E-state index contributed by atoms with van der Waals surface area (Å²) in [5, 5.41) is 31.0. The van der Waals surface area contributed by atoms with E-state index in [1.165, 1.54) is 13.3 Å². The van der Waals surface area contributed by atoms with E-state index in [2.05, 4.69) is 41.1 Å². The van der Waals surface area contributed by atoms with Crippen LogP contribution >= 0.6 is 0 Å². The van der Waals surface area contributed by atoms with Gasteiger partial charge < -0.3 is 30.4 Å². The minimum atomic E-state index is -1.63. The monoisotopic (exact) mass is 376 g/mol. The summed E-state index contributed by atoms with van der Waals surface area (Å²) in [5.41, 5.74) is 8.80. The number of rotatable bonds is 2. The molecule has 3 rings (SSSR count). The van der Waals surface area contributed by atoms with E-state index in [1.807, 2.05) is 0 Å². The molecule has 0 saturated carbocycles. The van der Waals surface area contributed by atoms with Gasteiger partial charge in [-0.15, -0.1) is 5.54 Å². The van der Waals surface area contributed by atoms with Crippen molar-refractivity contribution in [1.29, 1.82) is 0 Å². The number of hydrogen-bond donors (Lipinski definition) is 4. The Kier molecular flexibility index (Phi) is 4.58. The molecule has 0 amide bonds. The van der Waals surface area contributed by atoms with Crippen LogP contribution < -0.4 is 5.73 Å². The zero-order chi connectivity index (χ0) is 19.3. The molecule has 1 aliphatic rings. The number of aromatic nitrogens is 3. The lowest BCUT2D eigenvalue weighted by Gasteiger charge is -2.27. The molecule has 5 N–H and O–H groups in total. The average molecular weight is 376 g/mol. The highest BCUT2D eigenvalue weighted by Gasteiger charge is 2.53. The molecule has 8 nitrogen and oxygen atoms in total. The molecule has 0 radical (unpaired) electrons. The molecule has 1 saturated heterocycles. The predicted octanol–water partition coefficient (Wildman–Crippen LogP) is 0.244. The lowest BCUT2D eigenvalue weighted by Crippen LogP contribution is -2.44. The molecule has 2 unspecified atom stereocenters. The third-order valence-corrected chi connectivity index (χ3v) is 5.27. The molecule has 0 aromatic carbocycles. The molecule has 26 heavy (non-hydrogen) atoms. The molecule has 140 valence electrons. The summed E-state index contributed by atoms with van der Waals surface area (Å²) in [7, 11) is -1.63. The van der Waals surface area contributed by atoms with E-state index < -0.39 is 38.7 Å². The van der Waals surface area contributed by atoms with Crippen molar-refractivity contribution in [2.75, 3.05) is 12.3 Å². The van der Waals surface area contributed by atoms with Crippen LogP contribution in [0.25, 0.3) is 11.0 Å². The van der Waals surface area contributed by atoms with Gasteiger partial charge >= 0.3 is 0 Å². The second kappa shape index (κ2) is 6.33. The molecule has 1 aliphatic heterocycles. The number of hydrogen-bond acceptors (Lipinski definition) is 7. The zero-order valence-corrected chi connectivity index (χ0v) is 16.3. The van der Waals surface area contributed by atoms with Crippen LogP contribution in [0, 0.1) is 11.5 Å². The fraction of sp³-hybridized carbons (Fsp3) is 0.529. The number of ether oxygens (including phenoxy) is 1. The van der Waals surface area contributed by atoms with Gasteiger partial charge in [0.05, 0.1) is 17.6 Å². The summed E-state index contributed by atoms with van der Waals surface area (Å²) in [6, 6.07) is 0. The lowest BCUT2D eigenvalue weighted by atomic mass is 9.96. The zero-order valence-electron chi connectivity index (χ0n) is 15.3. The lowest BCUT2D eigenvalue weighted by molar-refractivity contribution is -0.0948. The summed E-state index contributed by atoms with van der Waals surface area (Å²) in [6.45, 7) is 7.44. The first kappa shape index (κ1) is 18.8. The van der Waals surface area contributed by atoms with Crippen LogP contribution in [0.5, 0.6) is 0 Å². The number of nitrogens with two attached hydrogens (primary N) is 1. The maximum atomic E-state index is 10.8. The van der Waals surface area contributed by atoms with Crippen molar-refractivity contribution < 1.29 is 20.1 Å². The number of nitrogen functional groups attached to an aromatic ring is 1. The SMILES string of the molecule is C[C@]1(O)C(n2cc(C#C[Si](C)(C)C)c3c(N)ncnc32)OC(CO)[C@H]1O. The molecular weight excluding hydrogens is 352 g/mol. The maximum Gasteiger partial charge on any atom is 0.167 e. The first-order valence-electron chi connectivity index (χ1n) is 8.37. The summed E-state index contributed by atoms with van der Waals surface area (Å²) in [6.07, 6.45) is -0.0650. The standard InChI is InChI=1S/C17H24N4O4Si/c1-17(24)13(23)11(8-22)25-16(17)21-7-10(5-6-26(2,3)4)12-14(18)19-9-20-15(12)21/h7,9,11,13,16,22-24H,8H2,1-4H3,(H2,18,19,20)/t11?,13-,16?,17-/m1/s1. The van der Waals surface area contributed by atoms with Gasteiger partial charge in [0.1, 0.15) is 43.7 Å². The Bertz CT molecular complexity index is 894. The largest absolute Gasteiger partial charge is 0.394 e. The minimum absolute atomic E-state index is 0.283. The normalized spacial score (nSPS) is 29.0. The summed E-state index contributed by atoms with van der Waals surface area (Å²) < 4.78 is 7.30. The van der Waals surface area contributed by atoms with Gasteiger partial charge in [0.25, 0.3) is 0 Å². The Labute approximate surface area is 152 Å². The van der Waals surface area contributed by atoms with Crippen LogP contribution in [0.1, 0.15) is 18.7 Å². The highest BCUT2D eigenvalue weighted by Crippen LogP contribution is 2.40. The number of nitrogens with zero attached hydrogens (tertiary/aromatic N) is 3. The highest BCUT2D eigenvalue weighted by molar-refractivity contribution is 6.83. The van der Waals surface area contributed by atoms with Crippen LogP contribution in [0.2, 0.25) is 19.6 Å². The maximum absolute atomic E-state index is 10.8. The second-order valence-electron chi connectivity index (χ2n) is 7.79. The van der Waals surface area contributed by atoms with Gasteiger partial charge in [-0.1, -0.05) is 25.6 Å². The third-order valence-electron chi connectivity index (χ3n) is 4.40. The third kappa shape index (κ3) is 3.11. The Morgan fingerprint density at radius 3 is 2.65 bits per heavy atom. The topological polar surface area (TPSA) is 127 Å². The highest BCUT2D eigenvalue weighted by atomic mass is 28.3. The number of aliphatic hydroxyl groups is 3. The molecule has 4 atom stereocenters. The smallest absolute Gasteiger partial charge is 0.167 e. The molecule has 0 aliphatic carbocycles. The van der Waals surface area contributed by atoms with E-state index in [0.29, 0.717) is 16.6 Å². The van der Waals surface area contributed by atoms with Crippen molar-refractivity contribution in [2.24, 2.45) is 0 Å². The summed E-state index contributed by atoms with van der Waals surface area (Å²) in [5.74, 6) is 3.44. The number of fused-ring (bicyclic) bond motifs is 1. The second-order valence-corrected chi connectivity index (χ2v) is 12.5. The van der Waals surface area contributed by atoms with Crippen molar-refractivity contribution in [1.82, 2.24) is 14.5 Å². The van der Waals surface area contributed by atoms with Crippen molar-refractivity contribution in [3.8, 4) is 11.5 Å². The molecule has 0 bridgehead atoms. The quantitative estimate of drug-likeness (QED) is 0.437. The van der Waals surface area contributed by atoms with Gasteiger partial charge in [-0.2, -0.15) is 0 Å². The summed E-state index contributed by atoms with van der Waals surface area (Å²) in [4.78, 5) is 8.31. The van der Waals surface area contributed by atoms with Gasteiger partial charge in [0, 0.05) is 6.20 Å². The first-order chi connectivity index (χ1) is 12.1. The molecule has 3 heterocycles. The Balaban J connectivity index is 2.19. The Hall–Kier alpha value is -1.96. The molecule has 9 heteroatoms. The van der Waals surface area contributed by atoms with Gasteiger partial charge in [0.15, 0.2) is 6.23 Å². The van der Waals surface area contributed by atoms with Crippen molar-refractivity contribution >= 4 is 24.9 Å². The first-order valence-corrected chi connectivity index (χ1v) is 11.9. The molecule has 1 fully saturated rings. The number of anilines is 1. The van der Waals surface area contributed by atoms with Crippen molar-refractivity contribution in [3.63, 3.8) is 0 Å². The van der Waals surface area contributed by atoms with Crippen LogP contribution in [-0.4, -0.2) is 62.3 Å². The molecule has 0 spiro atoms. The van der Waals surface area contributed by atoms with E-state index in [4.69, 9.17) is 10.5 Å². The fourth-order valence-corrected chi connectivity index (χ4v) is 3.54. The van der Waals surface area contributed by atoms with E-state index in [9.17, 15) is 15.3 Å². The van der Waals surface area contributed by atoms with Gasteiger partial charge in [-0.05, 0) is 6.92 Å². The van der Waals surface area contributed by atoms with Crippen LogP contribution in [0.3, 0.4) is 0 Å². The average Bonchev–Trinajstić information content (AvgIpc) is 3.02. The minimum Gasteiger partial charge on any atom is -0.394 e. The Morgan fingerprint density at radius 2 is 2.08 bits per heavy atom. The summed E-state index contributed by atoms with van der Waals surface area (Å²) >= 11 is 0.